The lowest BCUT2D eigenvalue weighted by atomic mass is 9.86. The average molecular weight is 222 g/mol. The van der Waals surface area contributed by atoms with Crippen molar-refractivity contribution in [2.24, 2.45) is 5.73 Å². The van der Waals surface area contributed by atoms with E-state index in [0.717, 1.165) is 12.1 Å². The van der Waals surface area contributed by atoms with Gasteiger partial charge < -0.3 is 5.73 Å². The van der Waals surface area contributed by atoms with Gasteiger partial charge in [-0.15, -0.1) is 0 Å². The number of hydrogen-bond donors (Lipinski definition) is 1. The molecule has 3 nitrogen and oxygen atoms in total. The van der Waals surface area contributed by atoms with Gasteiger partial charge in [0.25, 0.3) is 0 Å². The van der Waals surface area contributed by atoms with E-state index in [2.05, 4.69) is 25.8 Å². The van der Waals surface area contributed by atoms with Crippen LogP contribution in [0, 0.1) is 0 Å². The molecule has 1 rings (SSSR count). The lowest BCUT2D eigenvalue weighted by Gasteiger charge is -2.21. The zero-order chi connectivity index (χ0) is 12.8. The van der Waals surface area contributed by atoms with Crippen molar-refractivity contribution in [2.75, 3.05) is 0 Å². The number of nitrogens with zero attached hydrogens (tertiary/aromatic N) is 1. The molecule has 0 spiro atoms. The van der Waals surface area contributed by atoms with Crippen molar-refractivity contribution >= 4 is 5.91 Å². The maximum absolute atomic E-state index is 10.8. The number of primary amides is 1. The van der Waals surface area contributed by atoms with Crippen molar-refractivity contribution in [3.05, 3.63) is 29.6 Å². The van der Waals surface area contributed by atoms with Crippen LogP contribution in [-0.4, -0.2) is 10.9 Å². The third-order valence-corrected chi connectivity index (χ3v) is 2.63. The second-order valence-electron chi connectivity index (χ2n) is 4.03. The molecule has 0 unspecified atom stereocenters. The number of carbonyl (C=O) groups excluding carboxylic acids is 1. The third kappa shape index (κ3) is 3.65. The van der Waals surface area contributed by atoms with Crippen LogP contribution < -0.4 is 5.73 Å². The van der Waals surface area contributed by atoms with E-state index < -0.39 is 5.91 Å². The van der Waals surface area contributed by atoms with Crippen molar-refractivity contribution in [1.82, 2.24) is 4.98 Å². The Bertz CT molecular complexity index is 328. The van der Waals surface area contributed by atoms with Gasteiger partial charge in [0, 0.05) is 17.3 Å². The first kappa shape index (κ1) is 14.6. The van der Waals surface area contributed by atoms with Crippen molar-refractivity contribution in [3.63, 3.8) is 0 Å². The summed E-state index contributed by atoms with van der Waals surface area (Å²) in [6.07, 6.45) is 2.55. The summed E-state index contributed by atoms with van der Waals surface area (Å²) in [6, 6.07) is 3.59. The third-order valence-electron chi connectivity index (χ3n) is 2.63. The zero-order valence-corrected chi connectivity index (χ0v) is 10.9. The van der Waals surface area contributed by atoms with Gasteiger partial charge in [-0.05, 0) is 18.6 Å². The molecule has 0 bridgehead atoms. The first-order valence-electron chi connectivity index (χ1n) is 5.73. The van der Waals surface area contributed by atoms with Gasteiger partial charge in [0.15, 0.2) is 0 Å². The minimum Gasteiger partial charge on any atom is -0.366 e. The summed E-state index contributed by atoms with van der Waals surface area (Å²) in [4.78, 5) is 15.1. The van der Waals surface area contributed by atoms with E-state index in [1.807, 2.05) is 19.9 Å². The number of carbonyl (C=O) groups is 1. The molecule has 2 N–H and O–H groups in total. The summed E-state index contributed by atoms with van der Waals surface area (Å²) in [5, 5.41) is 0. The fraction of sp³-hybridized carbons (Fsp3) is 0.538. The number of pyridine rings is 1. The molecule has 0 aliphatic heterocycles. The molecule has 0 saturated carbocycles. The van der Waals surface area contributed by atoms with Crippen molar-refractivity contribution in [3.8, 4) is 0 Å². The minimum atomic E-state index is -0.432. The Morgan fingerprint density at radius 2 is 1.94 bits per heavy atom. The fourth-order valence-corrected chi connectivity index (χ4v) is 1.12. The SMILES string of the molecule is CC.CCC(C)(C)c1ccc(C(N)=O)cn1. The van der Waals surface area contributed by atoms with Gasteiger partial charge in [-0.3, -0.25) is 9.78 Å². The highest BCUT2D eigenvalue weighted by Crippen LogP contribution is 2.24. The van der Waals surface area contributed by atoms with Gasteiger partial charge in [-0.1, -0.05) is 34.6 Å². The van der Waals surface area contributed by atoms with Crippen LogP contribution in [0.5, 0.6) is 0 Å². The fourth-order valence-electron chi connectivity index (χ4n) is 1.12. The van der Waals surface area contributed by atoms with Crippen LogP contribution in [0.15, 0.2) is 18.3 Å². The Morgan fingerprint density at radius 3 is 2.25 bits per heavy atom. The molecular formula is C13H22N2O. The predicted octanol–water partition coefficient (Wildman–Crippen LogP) is 2.89. The Balaban J connectivity index is 0.00000106. The molecule has 16 heavy (non-hydrogen) atoms. The van der Waals surface area contributed by atoms with Gasteiger partial charge in [-0.25, -0.2) is 0 Å². The molecule has 0 aliphatic carbocycles. The average Bonchev–Trinajstić information content (AvgIpc) is 2.32. The van der Waals surface area contributed by atoms with Crippen LogP contribution in [0.25, 0.3) is 0 Å². The Hall–Kier alpha value is -1.38. The molecule has 0 radical (unpaired) electrons. The summed E-state index contributed by atoms with van der Waals surface area (Å²) in [6.45, 7) is 10.4. The molecule has 0 aromatic carbocycles. The van der Waals surface area contributed by atoms with Crippen LogP contribution in [0.3, 0.4) is 0 Å². The molecular weight excluding hydrogens is 200 g/mol. The quantitative estimate of drug-likeness (QED) is 0.855. The predicted molar refractivity (Wildman–Crippen MR) is 67.4 cm³/mol. The Labute approximate surface area is 98.1 Å². The van der Waals surface area contributed by atoms with Crippen molar-refractivity contribution in [2.45, 2.75) is 46.5 Å². The summed E-state index contributed by atoms with van der Waals surface area (Å²) >= 11 is 0. The summed E-state index contributed by atoms with van der Waals surface area (Å²) in [7, 11) is 0. The highest BCUT2D eigenvalue weighted by atomic mass is 16.1. The molecule has 0 atom stereocenters. The van der Waals surface area contributed by atoms with Crippen molar-refractivity contribution < 1.29 is 4.79 Å². The van der Waals surface area contributed by atoms with E-state index in [4.69, 9.17) is 5.73 Å². The first-order chi connectivity index (χ1) is 7.47. The normalized spacial score (nSPS) is 10.3. The minimum absolute atomic E-state index is 0.0518. The van der Waals surface area contributed by atoms with E-state index in [-0.39, 0.29) is 5.41 Å². The Morgan fingerprint density at radius 1 is 1.38 bits per heavy atom. The van der Waals surface area contributed by atoms with E-state index in [0.29, 0.717) is 5.56 Å². The topological polar surface area (TPSA) is 56.0 Å². The number of amides is 1. The maximum atomic E-state index is 10.8. The maximum Gasteiger partial charge on any atom is 0.250 e. The first-order valence-corrected chi connectivity index (χ1v) is 5.73. The molecule has 1 heterocycles. The highest BCUT2D eigenvalue weighted by molar-refractivity contribution is 5.92. The van der Waals surface area contributed by atoms with Gasteiger partial charge in [0.2, 0.25) is 5.91 Å². The smallest absolute Gasteiger partial charge is 0.250 e. The summed E-state index contributed by atoms with van der Waals surface area (Å²) in [5.41, 5.74) is 6.63. The molecule has 0 aliphatic rings. The Kier molecular flexibility index (Phi) is 5.72. The lowest BCUT2D eigenvalue weighted by molar-refractivity contribution is 0.1000. The lowest BCUT2D eigenvalue weighted by Crippen LogP contribution is -2.18. The van der Waals surface area contributed by atoms with Crippen LogP contribution in [0.2, 0.25) is 0 Å². The van der Waals surface area contributed by atoms with Crippen LogP contribution in [-0.2, 0) is 5.41 Å². The van der Waals surface area contributed by atoms with Gasteiger partial charge in [0.05, 0.1) is 5.56 Å². The molecule has 1 amide bonds. The van der Waals surface area contributed by atoms with Gasteiger partial charge in [0.1, 0.15) is 0 Å². The van der Waals surface area contributed by atoms with Crippen LogP contribution >= 0.6 is 0 Å². The van der Waals surface area contributed by atoms with Crippen LogP contribution in [0.1, 0.15) is 57.1 Å². The van der Waals surface area contributed by atoms with E-state index in [1.54, 1.807) is 6.07 Å². The van der Waals surface area contributed by atoms with Gasteiger partial charge in [-0.2, -0.15) is 0 Å². The number of hydrogen-bond acceptors (Lipinski definition) is 2. The molecule has 90 valence electrons. The number of nitrogens with two attached hydrogens (primary N) is 1. The van der Waals surface area contributed by atoms with Gasteiger partial charge >= 0.3 is 0 Å². The standard InChI is InChI=1S/C11H16N2O.C2H6/c1-4-11(2,3)9-6-5-8(7-13-9)10(12)14;1-2/h5-7H,4H2,1-3H3,(H2,12,14);1-2H3. The molecule has 3 heteroatoms. The zero-order valence-electron chi connectivity index (χ0n) is 10.9. The largest absolute Gasteiger partial charge is 0.366 e. The summed E-state index contributed by atoms with van der Waals surface area (Å²) in [5.74, 6) is -0.432. The second kappa shape index (κ2) is 6.26. The monoisotopic (exact) mass is 222 g/mol. The van der Waals surface area contributed by atoms with E-state index >= 15 is 0 Å². The second-order valence-corrected chi connectivity index (χ2v) is 4.03. The molecule has 0 fully saturated rings. The number of aromatic nitrogens is 1. The van der Waals surface area contributed by atoms with Crippen LogP contribution in [0.4, 0.5) is 0 Å². The summed E-state index contributed by atoms with van der Waals surface area (Å²) < 4.78 is 0. The molecule has 1 aromatic heterocycles. The molecule has 0 saturated heterocycles. The van der Waals surface area contributed by atoms with E-state index in [1.165, 1.54) is 6.20 Å². The highest BCUT2D eigenvalue weighted by Gasteiger charge is 2.19. The van der Waals surface area contributed by atoms with Crippen molar-refractivity contribution in [1.29, 1.82) is 0 Å². The number of rotatable bonds is 3. The molecule has 1 aromatic rings. The van der Waals surface area contributed by atoms with E-state index in [9.17, 15) is 4.79 Å².